The Morgan fingerprint density at radius 1 is 1.33 bits per heavy atom. The zero-order chi connectivity index (χ0) is 16.7. The van der Waals surface area contributed by atoms with Crippen LogP contribution in [0.1, 0.15) is 38.8 Å². The number of hydrogen-bond acceptors (Lipinski definition) is 4. The van der Waals surface area contributed by atoms with Crippen LogP contribution in [-0.2, 0) is 4.79 Å². The fourth-order valence-electron chi connectivity index (χ4n) is 2.47. The molecule has 1 aromatic carbocycles. The van der Waals surface area contributed by atoms with Crippen LogP contribution in [0.25, 0.3) is 0 Å². The average molecular weight is 373 g/mol. The fraction of sp³-hybridized carbons (Fsp3) is 0.611. The molecule has 2 unspecified atom stereocenters. The molecule has 24 heavy (non-hydrogen) atoms. The number of ether oxygens (including phenoxy) is 1. The number of nitrogens with one attached hydrogen (secondary N) is 2. The zero-order valence-electron chi connectivity index (χ0n) is 14.7. The molecule has 6 heteroatoms. The van der Waals surface area contributed by atoms with Gasteiger partial charge in [-0.1, -0.05) is 26.0 Å². The van der Waals surface area contributed by atoms with Crippen LogP contribution in [0.4, 0.5) is 0 Å². The van der Waals surface area contributed by atoms with E-state index in [-0.39, 0.29) is 24.4 Å². The second kappa shape index (κ2) is 10.9. The Hall–Kier alpha value is -0.910. The van der Waals surface area contributed by atoms with Crippen LogP contribution in [0, 0.1) is 5.92 Å². The van der Waals surface area contributed by atoms with Crippen LogP contribution in [0.3, 0.4) is 0 Å². The lowest BCUT2D eigenvalue weighted by atomic mass is 10.1. The van der Waals surface area contributed by atoms with Gasteiger partial charge >= 0.3 is 0 Å². The molecule has 0 radical (unpaired) electrons. The third-order valence-electron chi connectivity index (χ3n) is 3.77. The van der Waals surface area contributed by atoms with Gasteiger partial charge in [-0.3, -0.25) is 4.79 Å². The van der Waals surface area contributed by atoms with E-state index in [2.05, 4.69) is 24.5 Å². The number of benzene rings is 1. The first-order chi connectivity index (χ1) is 11.0. The normalized spacial score (nSPS) is 18.6. The molecule has 1 amide bonds. The van der Waals surface area contributed by atoms with Gasteiger partial charge in [-0.2, -0.15) is 11.8 Å². The maximum absolute atomic E-state index is 12.2. The topological polar surface area (TPSA) is 50.4 Å². The van der Waals surface area contributed by atoms with Gasteiger partial charge in [-0.25, -0.2) is 0 Å². The van der Waals surface area contributed by atoms with Gasteiger partial charge < -0.3 is 15.4 Å². The van der Waals surface area contributed by atoms with E-state index in [9.17, 15) is 4.79 Å². The molecule has 1 heterocycles. The van der Waals surface area contributed by atoms with Crippen molar-refractivity contribution in [3.05, 3.63) is 29.8 Å². The predicted molar refractivity (Wildman–Crippen MR) is 104 cm³/mol. The Labute approximate surface area is 155 Å². The summed E-state index contributed by atoms with van der Waals surface area (Å²) < 4.78 is 5.69. The molecule has 1 aromatic rings. The molecule has 2 rings (SSSR count). The summed E-state index contributed by atoms with van der Waals surface area (Å²) in [6.45, 7) is 8.00. The summed E-state index contributed by atoms with van der Waals surface area (Å²) in [5, 5.41) is 6.48. The standard InChI is InChI=1S/C18H28N2O2S.ClH/c1-13(2)11-22-17-6-4-15(5-7-17)14(3)20-18(21)10-16-12-23-9-8-19-16;/h4-7,13-14,16,19H,8-12H2,1-3H3,(H,20,21);1H. The minimum atomic E-state index is 0. The summed E-state index contributed by atoms with van der Waals surface area (Å²) in [5.74, 6) is 3.66. The van der Waals surface area contributed by atoms with Crippen LogP contribution in [-0.4, -0.2) is 36.6 Å². The van der Waals surface area contributed by atoms with Gasteiger partial charge in [0.1, 0.15) is 5.75 Å². The molecule has 136 valence electrons. The van der Waals surface area contributed by atoms with E-state index in [1.165, 1.54) is 0 Å². The fourth-order valence-corrected chi connectivity index (χ4v) is 3.42. The Balaban J connectivity index is 0.00000288. The number of carbonyl (C=O) groups excluding carboxylic acids is 1. The molecule has 4 nitrogen and oxygen atoms in total. The molecule has 1 saturated heterocycles. The maximum atomic E-state index is 12.2. The van der Waals surface area contributed by atoms with E-state index < -0.39 is 0 Å². The van der Waals surface area contributed by atoms with E-state index in [4.69, 9.17) is 4.74 Å². The average Bonchev–Trinajstić information content (AvgIpc) is 2.54. The Kier molecular flexibility index (Phi) is 9.56. The number of rotatable bonds is 7. The second-order valence-electron chi connectivity index (χ2n) is 6.49. The first-order valence-electron chi connectivity index (χ1n) is 8.38. The molecule has 0 bridgehead atoms. The highest BCUT2D eigenvalue weighted by atomic mass is 35.5. The summed E-state index contributed by atoms with van der Waals surface area (Å²) >= 11 is 1.91. The zero-order valence-corrected chi connectivity index (χ0v) is 16.3. The molecule has 2 atom stereocenters. The number of amides is 1. The van der Waals surface area contributed by atoms with Crippen LogP contribution in [0.2, 0.25) is 0 Å². The monoisotopic (exact) mass is 372 g/mol. The van der Waals surface area contributed by atoms with Crippen molar-refractivity contribution in [1.29, 1.82) is 0 Å². The highest BCUT2D eigenvalue weighted by Crippen LogP contribution is 2.18. The van der Waals surface area contributed by atoms with Gasteiger partial charge in [0.25, 0.3) is 0 Å². The Morgan fingerprint density at radius 3 is 2.62 bits per heavy atom. The van der Waals surface area contributed by atoms with Crippen molar-refractivity contribution < 1.29 is 9.53 Å². The second-order valence-corrected chi connectivity index (χ2v) is 7.64. The van der Waals surface area contributed by atoms with E-state index in [1.807, 2.05) is 43.0 Å². The molecular formula is C18H29ClN2O2S. The van der Waals surface area contributed by atoms with Crippen LogP contribution >= 0.6 is 24.2 Å². The van der Waals surface area contributed by atoms with Gasteiger partial charge in [0.05, 0.1) is 12.6 Å². The van der Waals surface area contributed by atoms with Gasteiger partial charge in [-0.15, -0.1) is 12.4 Å². The number of thioether (sulfide) groups is 1. The van der Waals surface area contributed by atoms with Crippen molar-refractivity contribution in [2.24, 2.45) is 5.92 Å². The maximum Gasteiger partial charge on any atom is 0.222 e. The smallest absolute Gasteiger partial charge is 0.222 e. The molecule has 0 aromatic heterocycles. The van der Waals surface area contributed by atoms with Crippen LogP contribution in [0.5, 0.6) is 5.75 Å². The molecule has 1 fully saturated rings. The number of carbonyl (C=O) groups is 1. The summed E-state index contributed by atoms with van der Waals surface area (Å²) in [7, 11) is 0. The van der Waals surface area contributed by atoms with Gasteiger partial charge in [0.15, 0.2) is 0 Å². The van der Waals surface area contributed by atoms with Crippen molar-refractivity contribution in [3.8, 4) is 5.75 Å². The molecule has 1 aliphatic heterocycles. The van der Waals surface area contributed by atoms with Gasteiger partial charge in [0.2, 0.25) is 5.91 Å². The predicted octanol–water partition coefficient (Wildman–Crippen LogP) is 3.42. The SMILES string of the molecule is CC(C)COc1ccc(C(C)NC(=O)CC2CSCCN2)cc1.Cl. The highest BCUT2D eigenvalue weighted by molar-refractivity contribution is 7.99. The van der Waals surface area contributed by atoms with E-state index in [0.29, 0.717) is 18.4 Å². The molecule has 0 saturated carbocycles. The lowest BCUT2D eigenvalue weighted by molar-refractivity contribution is -0.122. The van der Waals surface area contributed by atoms with Crippen molar-refractivity contribution in [2.45, 2.75) is 39.3 Å². The minimum absolute atomic E-state index is 0. The van der Waals surface area contributed by atoms with E-state index >= 15 is 0 Å². The summed E-state index contributed by atoms with van der Waals surface area (Å²) in [4.78, 5) is 12.2. The Morgan fingerprint density at radius 2 is 2.04 bits per heavy atom. The minimum Gasteiger partial charge on any atom is -0.493 e. The lowest BCUT2D eigenvalue weighted by Crippen LogP contribution is -2.41. The third kappa shape index (κ3) is 7.32. The summed E-state index contributed by atoms with van der Waals surface area (Å²) in [6, 6.07) is 8.30. The quantitative estimate of drug-likeness (QED) is 0.770. The number of hydrogen-bond donors (Lipinski definition) is 2. The Bertz CT molecular complexity index is 490. The lowest BCUT2D eigenvalue weighted by Gasteiger charge is -2.23. The van der Waals surface area contributed by atoms with Gasteiger partial charge in [0, 0.05) is 30.5 Å². The van der Waals surface area contributed by atoms with E-state index in [0.717, 1.165) is 36.0 Å². The molecule has 2 N–H and O–H groups in total. The first-order valence-corrected chi connectivity index (χ1v) is 9.53. The molecular weight excluding hydrogens is 344 g/mol. The van der Waals surface area contributed by atoms with Crippen molar-refractivity contribution in [2.75, 3.05) is 24.7 Å². The van der Waals surface area contributed by atoms with Crippen molar-refractivity contribution in [3.63, 3.8) is 0 Å². The largest absolute Gasteiger partial charge is 0.493 e. The first kappa shape index (κ1) is 21.1. The highest BCUT2D eigenvalue weighted by Gasteiger charge is 2.18. The summed E-state index contributed by atoms with van der Waals surface area (Å²) in [6.07, 6.45) is 0.549. The van der Waals surface area contributed by atoms with E-state index in [1.54, 1.807) is 0 Å². The summed E-state index contributed by atoms with van der Waals surface area (Å²) in [5.41, 5.74) is 1.10. The molecule has 0 spiro atoms. The number of halogens is 1. The van der Waals surface area contributed by atoms with Crippen LogP contribution < -0.4 is 15.4 Å². The third-order valence-corrected chi connectivity index (χ3v) is 4.90. The molecule has 0 aliphatic carbocycles. The van der Waals surface area contributed by atoms with Crippen LogP contribution in [0.15, 0.2) is 24.3 Å². The molecule has 1 aliphatic rings. The van der Waals surface area contributed by atoms with Crippen molar-refractivity contribution >= 4 is 30.1 Å². The van der Waals surface area contributed by atoms with Crippen molar-refractivity contribution in [1.82, 2.24) is 10.6 Å². The van der Waals surface area contributed by atoms with Gasteiger partial charge in [-0.05, 0) is 30.5 Å².